The maximum atomic E-state index is 12.9. The number of H-pyrrole nitrogens is 1. The highest BCUT2D eigenvalue weighted by molar-refractivity contribution is 7.92. The minimum atomic E-state index is -4.02. The third-order valence-electron chi connectivity index (χ3n) is 3.99. The molecule has 0 unspecified atom stereocenters. The van der Waals surface area contributed by atoms with E-state index in [-0.39, 0.29) is 17.1 Å². The second kappa shape index (κ2) is 5.68. The molecule has 0 saturated carbocycles. The van der Waals surface area contributed by atoms with Crippen LogP contribution in [0.1, 0.15) is 16.1 Å². The third kappa shape index (κ3) is 2.62. The first-order valence-corrected chi connectivity index (χ1v) is 8.56. The van der Waals surface area contributed by atoms with Crippen molar-refractivity contribution in [3.05, 3.63) is 47.8 Å². The summed E-state index contributed by atoms with van der Waals surface area (Å²) in [7, 11) is -4.02. The van der Waals surface area contributed by atoms with Gasteiger partial charge in [0.05, 0.1) is 11.6 Å². The van der Waals surface area contributed by atoms with E-state index in [1.807, 2.05) is 0 Å². The predicted molar refractivity (Wildman–Crippen MR) is 85.1 cm³/mol. The van der Waals surface area contributed by atoms with Crippen LogP contribution in [0.2, 0.25) is 0 Å². The van der Waals surface area contributed by atoms with E-state index in [4.69, 9.17) is 10.8 Å². The molecule has 1 aliphatic heterocycles. The minimum Gasteiger partial charge on any atom is -0.477 e. The summed E-state index contributed by atoms with van der Waals surface area (Å²) < 4.78 is 26.9. The Hall–Kier alpha value is -2.81. The standard InChI is InChI=1S/C15H15N3O5S/c16-14(19)10-5-9-3-1-2-4-13(9)18(8-10)24(22,23)11-6-12(15(20)21)17-7-11/h1-4,6-7,10,17H,5,8H2,(H2,16,19)(H,20,21)/t10-/m0/s1. The Bertz CT molecular complexity index is 919. The first kappa shape index (κ1) is 16.1. The first-order valence-electron chi connectivity index (χ1n) is 7.12. The van der Waals surface area contributed by atoms with Crippen molar-refractivity contribution in [2.75, 3.05) is 10.8 Å². The average Bonchev–Trinajstić information content (AvgIpc) is 3.04. The zero-order valence-corrected chi connectivity index (χ0v) is 13.3. The Morgan fingerprint density at radius 2 is 2.00 bits per heavy atom. The Balaban J connectivity index is 2.08. The predicted octanol–water partition coefficient (Wildman–Crippen LogP) is 0.566. The molecule has 0 fully saturated rings. The Morgan fingerprint density at radius 3 is 2.62 bits per heavy atom. The van der Waals surface area contributed by atoms with Crippen molar-refractivity contribution in [3.63, 3.8) is 0 Å². The van der Waals surface area contributed by atoms with E-state index in [0.29, 0.717) is 17.7 Å². The van der Waals surface area contributed by atoms with Gasteiger partial charge in [0.15, 0.2) is 0 Å². The number of nitrogens with one attached hydrogen (secondary N) is 1. The van der Waals surface area contributed by atoms with E-state index < -0.39 is 27.8 Å². The Morgan fingerprint density at radius 1 is 1.29 bits per heavy atom. The summed E-state index contributed by atoms with van der Waals surface area (Å²) in [6, 6.07) is 7.90. The van der Waals surface area contributed by atoms with Gasteiger partial charge in [-0.3, -0.25) is 9.10 Å². The van der Waals surface area contributed by atoms with E-state index >= 15 is 0 Å². The lowest BCUT2D eigenvalue weighted by Crippen LogP contribution is -2.44. The van der Waals surface area contributed by atoms with Gasteiger partial charge in [-0.2, -0.15) is 0 Å². The number of rotatable bonds is 4. The topological polar surface area (TPSA) is 134 Å². The Labute approximate surface area is 137 Å². The maximum Gasteiger partial charge on any atom is 0.352 e. The molecule has 3 rings (SSSR count). The van der Waals surface area contributed by atoms with E-state index in [2.05, 4.69) is 4.98 Å². The molecule has 0 saturated heterocycles. The number of hydrogen-bond acceptors (Lipinski definition) is 4. The fraction of sp³-hybridized carbons (Fsp3) is 0.200. The lowest BCUT2D eigenvalue weighted by atomic mass is 9.93. The molecule has 24 heavy (non-hydrogen) atoms. The molecule has 1 aromatic heterocycles. The van der Waals surface area contributed by atoms with Gasteiger partial charge in [0.1, 0.15) is 10.6 Å². The van der Waals surface area contributed by atoms with Crippen LogP contribution in [0, 0.1) is 5.92 Å². The zero-order valence-electron chi connectivity index (χ0n) is 12.5. The zero-order chi connectivity index (χ0) is 17.5. The highest BCUT2D eigenvalue weighted by atomic mass is 32.2. The van der Waals surface area contributed by atoms with E-state index in [1.165, 1.54) is 0 Å². The largest absolute Gasteiger partial charge is 0.477 e. The lowest BCUT2D eigenvalue weighted by Gasteiger charge is -2.33. The number of para-hydroxylation sites is 1. The summed E-state index contributed by atoms with van der Waals surface area (Å²) in [5.41, 5.74) is 6.30. The van der Waals surface area contributed by atoms with Crippen LogP contribution in [0.15, 0.2) is 41.4 Å². The van der Waals surface area contributed by atoms with Crippen LogP contribution in [0.3, 0.4) is 0 Å². The molecule has 1 aliphatic rings. The minimum absolute atomic E-state index is 0.0811. The summed E-state index contributed by atoms with van der Waals surface area (Å²) >= 11 is 0. The van der Waals surface area contributed by atoms with E-state index in [0.717, 1.165) is 16.6 Å². The number of sulfonamides is 1. The molecule has 0 aliphatic carbocycles. The van der Waals surface area contributed by atoms with Gasteiger partial charge < -0.3 is 15.8 Å². The molecule has 1 atom stereocenters. The van der Waals surface area contributed by atoms with Crippen LogP contribution in [-0.2, 0) is 21.2 Å². The van der Waals surface area contributed by atoms with Crippen LogP contribution in [0.5, 0.6) is 0 Å². The van der Waals surface area contributed by atoms with Crippen molar-refractivity contribution in [1.82, 2.24) is 4.98 Å². The SMILES string of the molecule is NC(=O)[C@H]1Cc2ccccc2N(S(=O)(=O)c2c[nH]c(C(=O)O)c2)C1. The number of aromatic amines is 1. The number of anilines is 1. The van der Waals surface area contributed by atoms with Gasteiger partial charge in [-0.25, -0.2) is 13.2 Å². The van der Waals surface area contributed by atoms with Crippen molar-refractivity contribution >= 4 is 27.6 Å². The Kier molecular flexibility index (Phi) is 3.80. The van der Waals surface area contributed by atoms with Crippen LogP contribution >= 0.6 is 0 Å². The molecule has 4 N–H and O–H groups in total. The summed E-state index contributed by atoms with van der Waals surface area (Å²) in [5, 5.41) is 8.95. The number of amides is 1. The molecule has 1 aromatic carbocycles. The van der Waals surface area contributed by atoms with Crippen LogP contribution in [0.4, 0.5) is 5.69 Å². The fourth-order valence-electron chi connectivity index (χ4n) is 2.75. The number of aromatic nitrogens is 1. The maximum absolute atomic E-state index is 12.9. The molecule has 2 heterocycles. The molecule has 0 bridgehead atoms. The smallest absolute Gasteiger partial charge is 0.352 e. The number of nitrogens with zero attached hydrogens (tertiary/aromatic N) is 1. The molecule has 1 amide bonds. The molecule has 0 radical (unpaired) electrons. The number of benzene rings is 1. The molecule has 8 nitrogen and oxygen atoms in total. The summed E-state index contributed by atoms with van der Waals surface area (Å²) in [6.07, 6.45) is 1.49. The highest BCUT2D eigenvalue weighted by Gasteiger charge is 2.35. The van der Waals surface area contributed by atoms with Gasteiger partial charge >= 0.3 is 5.97 Å². The molecule has 0 spiro atoms. The van der Waals surface area contributed by atoms with Crippen LogP contribution in [-0.4, -0.2) is 36.9 Å². The number of nitrogens with two attached hydrogens (primary N) is 1. The molecular weight excluding hydrogens is 334 g/mol. The van der Waals surface area contributed by atoms with E-state index in [1.54, 1.807) is 24.3 Å². The quantitative estimate of drug-likeness (QED) is 0.742. The average molecular weight is 349 g/mol. The molecule has 2 aromatic rings. The van der Waals surface area contributed by atoms with Crippen LogP contribution < -0.4 is 10.0 Å². The second-order valence-electron chi connectivity index (χ2n) is 5.52. The number of carboxylic acids is 1. The molecule has 9 heteroatoms. The number of aromatic carboxylic acids is 1. The monoisotopic (exact) mass is 349 g/mol. The fourth-order valence-corrected chi connectivity index (χ4v) is 4.29. The van der Waals surface area contributed by atoms with Gasteiger partial charge in [0, 0.05) is 12.7 Å². The number of carboxylic acid groups (broad SMARTS) is 1. The van der Waals surface area contributed by atoms with Crippen molar-refractivity contribution in [2.24, 2.45) is 11.7 Å². The number of fused-ring (bicyclic) bond motifs is 1. The summed E-state index contributed by atoms with van der Waals surface area (Å²) in [5.74, 6) is -2.48. The number of carbonyl (C=O) groups excluding carboxylic acids is 1. The molecular formula is C15H15N3O5S. The third-order valence-corrected chi connectivity index (χ3v) is 5.75. The van der Waals surface area contributed by atoms with Crippen molar-refractivity contribution < 1.29 is 23.1 Å². The van der Waals surface area contributed by atoms with Gasteiger partial charge in [-0.1, -0.05) is 18.2 Å². The van der Waals surface area contributed by atoms with Gasteiger partial charge in [0.25, 0.3) is 10.0 Å². The van der Waals surface area contributed by atoms with Crippen molar-refractivity contribution in [1.29, 1.82) is 0 Å². The van der Waals surface area contributed by atoms with Crippen LogP contribution in [0.25, 0.3) is 0 Å². The lowest BCUT2D eigenvalue weighted by molar-refractivity contribution is -0.121. The summed E-state index contributed by atoms with van der Waals surface area (Å²) in [6.45, 7) is -0.0811. The summed E-state index contributed by atoms with van der Waals surface area (Å²) in [4.78, 5) is 24.8. The number of carbonyl (C=O) groups is 2. The number of primary amides is 1. The normalized spacial score (nSPS) is 17.3. The number of hydrogen-bond donors (Lipinski definition) is 3. The molecule has 126 valence electrons. The van der Waals surface area contributed by atoms with Gasteiger partial charge in [-0.15, -0.1) is 0 Å². The van der Waals surface area contributed by atoms with Crippen molar-refractivity contribution in [2.45, 2.75) is 11.3 Å². The first-order chi connectivity index (χ1) is 11.3. The second-order valence-corrected chi connectivity index (χ2v) is 7.38. The van der Waals surface area contributed by atoms with Gasteiger partial charge in [-0.05, 0) is 24.1 Å². The van der Waals surface area contributed by atoms with E-state index in [9.17, 15) is 18.0 Å². The highest BCUT2D eigenvalue weighted by Crippen LogP contribution is 2.34. The van der Waals surface area contributed by atoms with Crippen molar-refractivity contribution in [3.8, 4) is 0 Å². The van der Waals surface area contributed by atoms with Gasteiger partial charge in [0.2, 0.25) is 5.91 Å².